The van der Waals surface area contributed by atoms with E-state index in [4.69, 9.17) is 4.74 Å². The molecule has 0 N–H and O–H groups in total. The van der Waals surface area contributed by atoms with Crippen LogP contribution in [0.5, 0.6) is 5.75 Å². The molecule has 0 radical (unpaired) electrons. The fraction of sp³-hybridized carbons (Fsp3) is 0.429. The van der Waals surface area contributed by atoms with E-state index in [1.807, 2.05) is 30.5 Å². The number of hydrogen-bond acceptors (Lipinski definition) is 5. The Morgan fingerprint density at radius 1 is 1.20 bits per heavy atom. The number of benzene rings is 1. The molecule has 0 bridgehead atoms. The van der Waals surface area contributed by atoms with Gasteiger partial charge in [0.05, 0.1) is 7.11 Å². The number of thioether (sulfide) groups is 1. The Kier molecular flexibility index (Phi) is 5.03. The first-order chi connectivity index (χ1) is 9.65. The first-order valence-corrected chi connectivity index (χ1v) is 7.64. The standard InChI is InChI=1S/C14H20N4OS/c1-17(2)9-10-18-13(15-16-14(18)20-4)11-5-7-12(19-3)8-6-11/h5-8H,9-10H2,1-4H3. The quantitative estimate of drug-likeness (QED) is 0.764. The molecule has 0 aliphatic rings. The van der Waals surface area contributed by atoms with Crippen molar-refractivity contribution in [3.8, 4) is 17.1 Å². The lowest BCUT2D eigenvalue weighted by Crippen LogP contribution is -2.19. The van der Waals surface area contributed by atoms with Crippen LogP contribution in [0.15, 0.2) is 29.4 Å². The highest BCUT2D eigenvalue weighted by Gasteiger charge is 2.13. The molecular weight excluding hydrogens is 272 g/mol. The summed E-state index contributed by atoms with van der Waals surface area (Å²) in [5.41, 5.74) is 1.05. The van der Waals surface area contributed by atoms with Gasteiger partial charge in [0.1, 0.15) is 5.75 Å². The number of methoxy groups -OCH3 is 1. The number of aromatic nitrogens is 3. The Morgan fingerprint density at radius 2 is 1.90 bits per heavy atom. The summed E-state index contributed by atoms with van der Waals surface area (Å²) in [4.78, 5) is 2.15. The number of hydrogen-bond donors (Lipinski definition) is 0. The van der Waals surface area contributed by atoms with Crippen molar-refractivity contribution >= 4 is 11.8 Å². The second-order valence-corrected chi connectivity index (χ2v) is 5.47. The maximum atomic E-state index is 5.19. The van der Waals surface area contributed by atoms with E-state index in [-0.39, 0.29) is 0 Å². The first-order valence-electron chi connectivity index (χ1n) is 6.42. The van der Waals surface area contributed by atoms with Gasteiger partial charge in [0.15, 0.2) is 11.0 Å². The van der Waals surface area contributed by atoms with Crippen LogP contribution in [0, 0.1) is 0 Å². The predicted octanol–water partition coefficient (Wildman–Crippen LogP) is 2.24. The molecular formula is C14H20N4OS. The van der Waals surface area contributed by atoms with Crippen LogP contribution in [-0.4, -0.2) is 53.7 Å². The fourth-order valence-electron chi connectivity index (χ4n) is 1.89. The summed E-state index contributed by atoms with van der Waals surface area (Å²) in [6, 6.07) is 7.91. The van der Waals surface area contributed by atoms with Gasteiger partial charge in [-0.2, -0.15) is 0 Å². The van der Waals surface area contributed by atoms with Crippen molar-refractivity contribution in [2.24, 2.45) is 0 Å². The van der Waals surface area contributed by atoms with Gasteiger partial charge in [-0.15, -0.1) is 10.2 Å². The summed E-state index contributed by atoms with van der Waals surface area (Å²) in [6.07, 6.45) is 2.02. The summed E-state index contributed by atoms with van der Waals surface area (Å²) < 4.78 is 7.35. The van der Waals surface area contributed by atoms with Crippen LogP contribution in [0.25, 0.3) is 11.4 Å². The van der Waals surface area contributed by atoms with Gasteiger partial charge >= 0.3 is 0 Å². The Bertz CT molecular complexity index is 551. The van der Waals surface area contributed by atoms with Gasteiger partial charge in [-0.1, -0.05) is 11.8 Å². The maximum Gasteiger partial charge on any atom is 0.191 e. The van der Waals surface area contributed by atoms with Crippen LogP contribution in [0.1, 0.15) is 0 Å². The summed E-state index contributed by atoms with van der Waals surface area (Å²) >= 11 is 1.62. The SMILES string of the molecule is COc1ccc(-c2nnc(SC)n2CCN(C)C)cc1. The van der Waals surface area contributed by atoms with E-state index in [1.165, 1.54) is 0 Å². The molecule has 2 rings (SSSR count). The lowest BCUT2D eigenvalue weighted by atomic mass is 10.2. The van der Waals surface area contributed by atoms with Gasteiger partial charge in [-0.25, -0.2) is 0 Å². The molecule has 0 aliphatic heterocycles. The molecule has 1 heterocycles. The smallest absolute Gasteiger partial charge is 0.191 e. The van der Waals surface area contributed by atoms with Crippen molar-refractivity contribution in [3.63, 3.8) is 0 Å². The Hall–Kier alpha value is -1.53. The summed E-state index contributed by atoms with van der Waals surface area (Å²) in [5, 5.41) is 9.52. The molecule has 1 aromatic heterocycles. The predicted molar refractivity (Wildman–Crippen MR) is 82.3 cm³/mol. The topological polar surface area (TPSA) is 43.2 Å². The van der Waals surface area contributed by atoms with Gasteiger partial charge < -0.3 is 14.2 Å². The molecule has 0 spiro atoms. The molecule has 1 aromatic carbocycles. The van der Waals surface area contributed by atoms with Crippen LogP contribution in [0.2, 0.25) is 0 Å². The molecule has 0 aliphatic carbocycles. The van der Waals surface area contributed by atoms with Crippen molar-refractivity contribution in [2.75, 3.05) is 34.0 Å². The van der Waals surface area contributed by atoms with Crippen molar-refractivity contribution in [1.82, 2.24) is 19.7 Å². The van der Waals surface area contributed by atoms with Crippen LogP contribution in [-0.2, 0) is 6.54 Å². The minimum Gasteiger partial charge on any atom is -0.497 e. The zero-order valence-corrected chi connectivity index (χ0v) is 13.1. The number of likely N-dealkylation sites (N-methyl/N-ethyl adjacent to an activating group) is 1. The second kappa shape index (κ2) is 6.76. The molecule has 0 saturated heterocycles. The highest BCUT2D eigenvalue weighted by atomic mass is 32.2. The molecule has 0 amide bonds. The summed E-state index contributed by atoms with van der Waals surface area (Å²) in [7, 11) is 5.80. The lowest BCUT2D eigenvalue weighted by molar-refractivity contribution is 0.378. The van der Waals surface area contributed by atoms with Crippen LogP contribution in [0.4, 0.5) is 0 Å². The molecule has 0 atom stereocenters. The molecule has 2 aromatic rings. The lowest BCUT2D eigenvalue weighted by Gasteiger charge is -2.13. The van der Waals surface area contributed by atoms with Gasteiger partial charge in [-0.3, -0.25) is 0 Å². The highest BCUT2D eigenvalue weighted by Crippen LogP contribution is 2.24. The van der Waals surface area contributed by atoms with Crippen molar-refractivity contribution in [1.29, 1.82) is 0 Å². The zero-order valence-electron chi connectivity index (χ0n) is 12.3. The van der Waals surface area contributed by atoms with E-state index in [2.05, 4.69) is 33.8 Å². The van der Waals surface area contributed by atoms with Crippen molar-refractivity contribution in [3.05, 3.63) is 24.3 Å². The normalized spacial score (nSPS) is 11.1. The average molecular weight is 292 g/mol. The molecule has 6 heteroatoms. The van der Waals surface area contributed by atoms with E-state index < -0.39 is 0 Å². The van der Waals surface area contributed by atoms with E-state index >= 15 is 0 Å². The largest absolute Gasteiger partial charge is 0.497 e. The minimum absolute atomic E-state index is 0.846. The third kappa shape index (κ3) is 3.32. The van der Waals surface area contributed by atoms with E-state index in [1.54, 1.807) is 18.9 Å². The van der Waals surface area contributed by atoms with E-state index in [9.17, 15) is 0 Å². The van der Waals surface area contributed by atoms with Gasteiger partial charge in [0.25, 0.3) is 0 Å². The Balaban J connectivity index is 2.31. The Morgan fingerprint density at radius 3 is 2.45 bits per heavy atom. The fourth-order valence-corrected chi connectivity index (χ4v) is 2.42. The molecule has 0 fully saturated rings. The number of nitrogens with zero attached hydrogens (tertiary/aromatic N) is 4. The summed E-state index contributed by atoms with van der Waals surface area (Å²) in [5.74, 6) is 1.75. The Labute approximate surface area is 124 Å². The van der Waals surface area contributed by atoms with Crippen molar-refractivity contribution in [2.45, 2.75) is 11.7 Å². The minimum atomic E-state index is 0.846. The molecule has 0 unspecified atom stereocenters. The maximum absolute atomic E-state index is 5.19. The third-order valence-corrected chi connectivity index (χ3v) is 3.69. The van der Waals surface area contributed by atoms with Crippen molar-refractivity contribution < 1.29 is 4.74 Å². The number of ether oxygens (including phenoxy) is 1. The first kappa shape index (κ1) is 14.9. The van der Waals surface area contributed by atoms with Crippen LogP contribution in [0.3, 0.4) is 0 Å². The van der Waals surface area contributed by atoms with Crippen LogP contribution >= 0.6 is 11.8 Å². The average Bonchev–Trinajstić information content (AvgIpc) is 2.88. The number of rotatable bonds is 6. The highest BCUT2D eigenvalue weighted by molar-refractivity contribution is 7.98. The van der Waals surface area contributed by atoms with E-state index in [0.29, 0.717) is 0 Å². The molecule has 108 valence electrons. The second-order valence-electron chi connectivity index (χ2n) is 4.69. The zero-order chi connectivity index (χ0) is 14.5. The molecule has 0 saturated carbocycles. The van der Waals surface area contributed by atoms with Gasteiger partial charge in [-0.05, 0) is 44.6 Å². The molecule has 20 heavy (non-hydrogen) atoms. The van der Waals surface area contributed by atoms with E-state index in [0.717, 1.165) is 35.4 Å². The monoisotopic (exact) mass is 292 g/mol. The van der Waals surface area contributed by atoms with Gasteiger partial charge in [0, 0.05) is 18.7 Å². The molecule has 5 nitrogen and oxygen atoms in total. The van der Waals surface area contributed by atoms with Gasteiger partial charge in [0.2, 0.25) is 0 Å². The van der Waals surface area contributed by atoms with Crippen LogP contribution < -0.4 is 4.74 Å². The third-order valence-electron chi connectivity index (χ3n) is 3.02. The summed E-state index contributed by atoms with van der Waals surface area (Å²) in [6.45, 7) is 1.83.